The molecule has 3 rings (SSSR count). The van der Waals surface area contributed by atoms with Gasteiger partial charge in [-0.15, -0.1) is 0 Å². The molecule has 1 amide bonds. The van der Waals surface area contributed by atoms with Gasteiger partial charge >= 0.3 is 5.97 Å². The molecular weight excluding hydrogens is 437 g/mol. The number of nitrogens with one attached hydrogen (secondary N) is 1. The van der Waals surface area contributed by atoms with Crippen LogP contribution in [0.15, 0.2) is 24.3 Å². The Balaban J connectivity index is 1.83. The van der Waals surface area contributed by atoms with Crippen molar-refractivity contribution in [2.24, 2.45) is 23.7 Å². The summed E-state index contributed by atoms with van der Waals surface area (Å²) in [6.45, 7) is 0. The van der Waals surface area contributed by atoms with Crippen molar-refractivity contribution in [2.75, 3.05) is 5.32 Å². The third-order valence-corrected chi connectivity index (χ3v) is 8.10. The van der Waals surface area contributed by atoms with Crippen molar-refractivity contribution in [1.82, 2.24) is 0 Å². The van der Waals surface area contributed by atoms with Gasteiger partial charge in [0, 0.05) is 20.4 Å². The van der Waals surface area contributed by atoms with Crippen LogP contribution >= 0.6 is 43.5 Å². The molecule has 0 heterocycles. The first-order valence-corrected chi connectivity index (χ1v) is 9.18. The Morgan fingerprint density at radius 2 is 1.82 bits per heavy atom. The summed E-state index contributed by atoms with van der Waals surface area (Å²) >= 11 is 13.1. The molecular formula is C15H14Br2ClNO3. The van der Waals surface area contributed by atoms with Crippen molar-refractivity contribution in [3.8, 4) is 0 Å². The van der Waals surface area contributed by atoms with E-state index >= 15 is 0 Å². The van der Waals surface area contributed by atoms with Gasteiger partial charge in [0.15, 0.2) is 0 Å². The second-order valence-electron chi connectivity index (χ2n) is 5.84. The van der Waals surface area contributed by atoms with E-state index in [2.05, 4.69) is 37.2 Å². The van der Waals surface area contributed by atoms with Crippen LogP contribution in [-0.2, 0) is 9.59 Å². The van der Waals surface area contributed by atoms with Crippen molar-refractivity contribution in [1.29, 1.82) is 0 Å². The lowest BCUT2D eigenvalue weighted by Gasteiger charge is -2.33. The molecule has 118 valence electrons. The molecule has 2 aliphatic carbocycles. The Kier molecular flexibility index (Phi) is 4.54. The zero-order chi connectivity index (χ0) is 16.0. The predicted molar refractivity (Wildman–Crippen MR) is 91.7 cm³/mol. The van der Waals surface area contributed by atoms with E-state index in [0.717, 1.165) is 6.42 Å². The smallest absolute Gasteiger partial charge is 0.307 e. The summed E-state index contributed by atoms with van der Waals surface area (Å²) in [5, 5.41) is 12.9. The van der Waals surface area contributed by atoms with Gasteiger partial charge in [0.25, 0.3) is 0 Å². The highest BCUT2D eigenvalue weighted by molar-refractivity contribution is 9.12. The van der Waals surface area contributed by atoms with E-state index in [1.165, 1.54) is 0 Å². The molecule has 4 nitrogen and oxygen atoms in total. The van der Waals surface area contributed by atoms with E-state index < -0.39 is 17.8 Å². The fourth-order valence-electron chi connectivity index (χ4n) is 3.75. The fourth-order valence-corrected chi connectivity index (χ4v) is 5.82. The number of fused-ring (bicyclic) bond motifs is 2. The molecule has 22 heavy (non-hydrogen) atoms. The molecule has 0 spiro atoms. The molecule has 2 N–H and O–H groups in total. The first kappa shape index (κ1) is 16.3. The van der Waals surface area contributed by atoms with E-state index in [0.29, 0.717) is 10.7 Å². The average molecular weight is 452 g/mol. The van der Waals surface area contributed by atoms with Gasteiger partial charge in [0.05, 0.1) is 11.8 Å². The minimum atomic E-state index is -0.900. The molecule has 7 heteroatoms. The van der Waals surface area contributed by atoms with Crippen molar-refractivity contribution in [3.05, 3.63) is 29.3 Å². The van der Waals surface area contributed by atoms with E-state index in [1.54, 1.807) is 24.3 Å². The second-order valence-corrected chi connectivity index (χ2v) is 8.39. The molecule has 0 aliphatic heterocycles. The van der Waals surface area contributed by atoms with Gasteiger partial charge in [-0.3, -0.25) is 9.59 Å². The minimum absolute atomic E-state index is 0.0228. The molecule has 2 bridgehead atoms. The monoisotopic (exact) mass is 449 g/mol. The normalized spacial score (nSPS) is 36.3. The second kappa shape index (κ2) is 6.13. The fraction of sp³-hybridized carbons (Fsp3) is 0.467. The molecule has 0 radical (unpaired) electrons. The summed E-state index contributed by atoms with van der Waals surface area (Å²) in [7, 11) is 0. The zero-order valence-electron chi connectivity index (χ0n) is 11.4. The molecule has 0 aromatic heterocycles. The summed E-state index contributed by atoms with van der Waals surface area (Å²) in [4.78, 5) is 24.5. The number of hydrogen-bond donors (Lipinski definition) is 2. The third-order valence-electron chi connectivity index (χ3n) is 4.66. The highest BCUT2D eigenvalue weighted by atomic mass is 79.9. The number of aliphatic carboxylic acids is 1. The molecule has 2 saturated carbocycles. The first-order chi connectivity index (χ1) is 10.4. The quantitative estimate of drug-likeness (QED) is 0.688. The first-order valence-electron chi connectivity index (χ1n) is 6.97. The molecule has 6 atom stereocenters. The molecule has 0 unspecified atom stereocenters. The lowest BCUT2D eigenvalue weighted by Crippen LogP contribution is -2.45. The topological polar surface area (TPSA) is 66.4 Å². The van der Waals surface area contributed by atoms with Crippen LogP contribution < -0.4 is 5.32 Å². The number of anilines is 1. The van der Waals surface area contributed by atoms with Crippen LogP contribution in [0, 0.1) is 23.7 Å². The number of amides is 1. The number of rotatable bonds is 3. The summed E-state index contributed by atoms with van der Waals surface area (Å²) in [5.74, 6) is -2.33. The van der Waals surface area contributed by atoms with E-state index in [9.17, 15) is 14.7 Å². The van der Waals surface area contributed by atoms with Crippen LogP contribution in [0.3, 0.4) is 0 Å². The van der Waals surface area contributed by atoms with Crippen molar-refractivity contribution < 1.29 is 14.7 Å². The molecule has 2 fully saturated rings. The van der Waals surface area contributed by atoms with E-state index in [-0.39, 0.29) is 27.4 Å². The number of benzene rings is 1. The van der Waals surface area contributed by atoms with Gasteiger partial charge in [-0.05, 0) is 36.5 Å². The lowest BCUT2D eigenvalue weighted by atomic mass is 9.78. The Hall–Kier alpha value is -0.590. The molecule has 0 saturated heterocycles. The molecule has 2 aliphatic rings. The number of carboxylic acid groups (broad SMARTS) is 1. The van der Waals surface area contributed by atoms with Crippen molar-refractivity contribution in [3.63, 3.8) is 0 Å². The highest BCUT2D eigenvalue weighted by Gasteiger charge is 2.61. The Labute approximate surface area is 149 Å². The Morgan fingerprint density at radius 1 is 1.18 bits per heavy atom. The number of carboxylic acids is 1. The predicted octanol–water partition coefficient (Wildman–Crippen LogP) is 3.77. The number of carbonyl (C=O) groups is 2. The summed E-state index contributed by atoms with van der Waals surface area (Å²) in [6.07, 6.45) is 0.746. The van der Waals surface area contributed by atoms with Gasteiger partial charge in [-0.25, -0.2) is 0 Å². The largest absolute Gasteiger partial charge is 0.481 e. The van der Waals surface area contributed by atoms with E-state index in [4.69, 9.17) is 11.6 Å². The number of hydrogen-bond acceptors (Lipinski definition) is 2. The maximum absolute atomic E-state index is 12.6. The number of alkyl halides is 2. The van der Waals surface area contributed by atoms with E-state index in [1.807, 2.05) is 0 Å². The van der Waals surface area contributed by atoms with Gasteiger partial charge < -0.3 is 10.4 Å². The third kappa shape index (κ3) is 2.69. The number of halogens is 3. The number of carbonyl (C=O) groups excluding carboxylic acids is 1. The van der Waals surface area contributed by atoms with Gasteiger partial charge in [-0.1, -0.05) is 49.5 Å². The Bertz CT molecular complexity index is 627. The Morgan fingerprint density at radius 3 is 2.41 bits per heavy atom. The van der Waals surface area contributed by atoms with Crippen LogP contribution in [-0.4, -0.2) is 26.6 Å². The maximum Gasteiger partial charge on any atom is 0.307 e. The molecule has 1 aromatic rings. The van der Waals surface area contributed by atoms with Crippen LogP contribution in [0.1, 0.15) is 6.42 Å². The van der Waals surface area contributed by atoms with Crippen molar-refractivity contribution >= 4 is 61.0 Å². The van der Waals surface area contributed by atoms with Crippen LogP contribution in [0.25, 0.3) is 0 Å². The minimum Gasteiger partial charge on any atom is -0.481 e. The van der Waals surface area contributed by atoms with Gasteiger partial charge in [-0.2, -0.15) is 0 Å². The van der Waals surface area contributed by atoms with Crippen LogP contribution in [0.4, 0.5) is 5.69 Å². The average Bonchev–Trinajstić information content (AvgIpc) is 2.97. The summed E-state index contributed by atoms with van der Waals surface area (Å²) in [6, 6.07) is 6.86. The SMILES string of the molecule is O=C(O)[C@@H]1[C@H]2C[C@@H]([C@H](Br)[C@@H]2Br)[C@@H]1C(=O)Nc1cccc(Cl)c1. The molecule has 1 aromatic carbocycles. The highest BCUT2D eigenvalue weighted by Crippen LogP contribution is 2.57. The standard InChI is InChI=1S/C15H14Br2ClNO3/c16-12-8-5-9(13(12)17)11(15(21)22)10(8)14(20)19-7-3-1-2-6(18)4-7/h1-4,8-13H,5H2,(H,19,20)(H,21,22)/t8-,9-,10+,11-,12+,13-/m1/s1. The van der Waals surface area contributed by atoms with Crippen molar-refractivity contribution in [2.45, 2.75) is 16.1 Å². The van der Waals surface area contributed by atoms with Crippen LogP contribution in [0.5, 0.6) is 0 Å². The van der Waals surface area contributed by atoms with Gasteiger partial charge in [0.2, 0.25) is 5.91 Å². The van der Waals surface area contributed by atoms with Gasteiger partial charge in [0.1, 0.15) is 0 Å². The summed E-state index contributed by atoms with van der Waals surface area (Å²) < 4.78 is 0. The summed E-state index contributed by atoms with van der Waals surface area (Å²) in [5.41, 5.74) is 0.589. The maximum atomic E-state index is 12.6. The van der Waals surface area contributed by atoms with Crippen LogP contribution in [0.2, 0.25) is 5.02 Å². The zero-order valence-corrected chi connectivity index (χ0v) is 15.3. The lowest BCUT2D eigenvalue weighted by molar-refractivity contribution is -0.148.